The lowest BCUT2D eigenvalue weighted by molar-refractivity contribution is 0.573. The van der Waals surface area contributed by atoms with Crippen molar-refractivity contribution >= 4 is 23.1 Å². The number of rotatable bonds is 3. The standard InChI is InChI=1S/C10H15ClN4/c1-10(2)3-6(10)4-13-8-7(12)5-14-9(11)15-8/h5-6H,3-4,12H2,1-2H3,(H,13,14,15). The summed E-state index contributed by atoms with van der Waals surface area (Å²) in [6.07, 6.45) is 2.77. The molecule has 0 aliphatic heterocycles. The molecule has 1 saturated carbocycles. The van der Waals surface area contributed by atoms with Gasteiger partial charge in [0.15, 0.2) is 5.82 Å². The van der Waals surface area contributed by atoms with Crippen LogP contribution in [0, 0.1) is 11.3 Å². The highest BCUT2D eigenvalue weighted by molar-refractivity contribution is 6.28. The molecular formula is C10H15ClN4. The molecule has 0 spiro atoms. The van der Waals surface area contributed by atoms with E-state index in [-0.39, 0.29) is 5.28 Å². The summed E-state index contributed by atoms with van der Waals surface area (Å²) < 4.78 is 0. The van der Waals surface area contributed by atoms with Crippen LogP contribution in [0.1, 0.15) is 20.3 Å². The fraction of sp³-hybridized carbons (Fsp3) is 0.600. The van der Waals surface area contributed by atoms with Crippen molar-refractivity contribution in [2.45, 2.75) is 20.3 Å². The number of anilines is 2. The van der Waals surface area contributed by atoms with E-state index in [1.165, 1.54) is 12.6 Å². The lowest BCUT2D eigenvalue weighted by Gasteiger charge is -2.08. The van der Waals surface area contributed by atoms with E-state index < -0.39 is 0 Å². The Balaban J connectivity index is 1.96. The van der Waals surface area contributed by atoms with E-state index in [1.54, 1.807) is 0 Å². The Kier molecular flexibility index (Phi) is 2.46. The van der Waals surface area contributed by atoms with Gasteiger partial charge in [-0.15, -0.1) is 0 Å². The van der Waals surface area contributed by atoms with Gasteiger partial charge in [-0.2, -0.15) is 4.98 Å². The van der Waals surface area contributed by atoms with Crippen molar-refractivity contribution in [1.82, 2.24) is 9.97 Å². The van der Waals surface area contributed by atoms with E-state index in [0.29, 0.717) is 22.8 Å². The van der Waals surface area contributed by atoms with Crippen molar-refractivity contribution in [3.8, 4) is 0 Å². The quantitative estimate of drug-likeness (QED) is 0.776. The van der Waals surface area contributed by atoms with E-state index >= 15 is 0 Å². The molecule has 1 heterocycles. The number of nitrogens with zero attached hydrogens (tertiary/aromatic N) is 2. The second-order valence-corrected chi connectivity index (χ2v) is 5.05. The van der Waals surface area contributed by atoms with Gasteiger partial charge in [-0.3, -0.25) is 0 Å². The first kappa shape index (κ1) is 10.5. The molecule has 4 nitrogen and oxygen atoms in total. The predicted octanol–water partition coefficient (Wildman–Crippen LogP) is 2.17. The van der Waals surface area contributed by atoms with Crippen LogP contribution in [-0.2, 0) is 0 Å². The van der Waals surface area contributed by atoms with Crippen molar-refractivity contribution in [2.24, 2.45) is 11.3 Å². The topological polar surface area (TPSA) is 63.8 Å². The third-order valence-electron chi connectivity index (χ3n) is 3.02. The first-order valence-corrected chi connectivity index (χ1v) is 5.39. The number of halogens is 1. The molecule has 0 saturated heterocycles. The molecule has 82 valence electrons. The summed E-state index contributed by atoms with van der Waals surface area (Å²) in [6.45, 7) is 5.41. The van der Waals surface area contributed by atoms with Gasteiger partial charge in [0.25, 0.3) is 0 Å². The van der Waals surface area contributed by atoms with Crippen molar-refractivity contribution in [3.05, 3.63) is 11.5 Å². The van der Waals surface area contributed by atoms with Crippen LogP contribution in [-0.4, -0.2) is 16.5 Å². The summed E-state index contributed by atoms with van der Waals surface area (Å²) in [7, 11) is 0. The second-order valence-electron chi connectivity index (χ2n) is 4.71. The Hall–Kier alpha value is -1.03. The number of aromatic nitrogens is 2. The zero-order valence-electron chi connectivity index (χ0n) is 8.92. The monoisotopic (exact) mass is 226 g/mol. The van der Waals surface area contributed by atoms with Crippen LogP contribution >= 0.6 is 11.6 Å². The minimum Gasteiger partial charge on any atom is -0.394 e. The van der Waals surface area contributed by atoms with Crippen LogP contribution in [0.25, 0.3) is 0 Å². The average molecular weight is 227 g/mol. The summed E-state index contributed by atoms with van der Waals surface area (Å²) in [6, 6.07) is 0. The Morgan fingerprint density at radius 1 is 1.67 bits per heavy atom. The van der Waals surface area contributed by atoms with Crippen molar-refractivity contribution in [3.63, 3.8) is 0 Å². The summed E-state index contributed by atoms with van der Waals surface area (Å²) in [5, 5.41) is 3.43. The maximum Gasteiger partial charge on any atom is 0.224 e. The van der Waals surface area contributed by atoms with Crippen molar-refractivity contribution in [2.75, 3.05) is 17.6 Å². The number of nitrogens with one attached hydrogen (secondary N) is 1. The van der Waals surface area contributed by atoms with Gasteiger partial charge in [-0.05, 0) is 29.4 Å². The van der Waals surface area contributed by atoms with E-state index in [1.807, 2.05) is 0 Å². The summed E-state index contributed by atoms with van der Waals surface area (Å²) in [4.78, 5) is 7.84. The van der Waals surface area contributed by atoms with Gasteiger partial charge >= 0.3 is 0 Å². The maximum atomic E-state index is 5.72. The number of hydrogen-bond acceptors (Lipinski definition) is 4. The third kappa shape index (κ3) is 2.31. The van der Waals surface area contributed by atoms with Gasteiger partial charge in [-0.25, -0.2) is 4.98 Å². The Labute approximate surface area is 94.2 Å². The van der Waals surface area contributed by atoms with Crippen LogP contribution in [0.3, 0.4) is 0 Å². The van der Waals surface area contributed by atoms with Crippen LogP contribution in [0.5, 0.6) is 0 Å². The van der Waals surface area contributed by atoms with E-state index in [0.717, 1.165) is 6.54 Å². The Morgan fingerprint density at radius 2 is 2.33 bits per heavy atom. The fourth-order valence-corrected chi connectivity index (χ4v) is 1.79. The van der Waals surface area contributed by atoms with Crippen LogP contribution < -0.4 is 11.1 Å². The molecule has 3 N–H and O–H groups in total. The zero-order chi connectivity index (χ0) is 11.1. The zero-order valence-corrected chi connectivity index (χ0v) is 9.67. The first-order valence-electron chi connectivity index (χ1n) is 5.01. The minimum atomic E-state index is 0.224. The lowest BCUT2D eigenvalue weighted by atomic mass is 10.1. The molecule has 0 bridgehead atoms. The average Bonchev–Trinajstić information content (AvgIpc) is 2.76. The van der Waals surface area contributed by atoms with Crippen molar-refractivity contribution in [1.29, 1.82) is 0 Å². The SMILES string of the molecule is CC1(C)CC1CNc1nc(Cl)ncc1N. The van der Waals surface area contributed by atoms with E-state index in [9.17, 15) is 0 Å². The fourth-order valence-electron chi connectivity index (χ4n) is 1.66. The van der Waals surface area contributed by atoms with Gasteiger partial charge in [0.05, 0.1) is 11.9 Å². The van der Waals surface area contributed by atoms with Gasteiger partial charge in [0.1, 0.15) is 0 Å². The molecule has 1 unspecified atom stereocenters. The molecule has 2 rings (SSSR count). The highest BCUT2D eigenvalue weighted by Crippen LogP contribution is 2.51. The smallest absolute Gasteiger partial charge is 0.224 e. The summed E-state index contributed by atoms with van der Waals surface area (Å²) in [5.74, 6) is 1.34. The molecule has 0 aromatic carbocycles. The molecule has 1 aromatic heterocycles. The molecule has 1 atom stereocenters. The highest BCUT2D eigenvalue weighted by atomic mass is 35.5. The molecule has 15 heavy (non-hydrogen) atoms. The van der Waals surface area contributed by atoms with Crippen LogP contribution in [0.15, 0.2) is 6.20 Å². The number of hydrogen-bond donors (Lipinski definition) is 2. The number of nitrogens with two attached hydrogens (primary N) is 1. The van der Waals surface area contributed by atoms with Crippen molar-refractivity contribution < 1.29 is 0 Å². The van der Waals surface area contributed by atoms with Crippen LogP contribution in [0.2, 0.25) is 5.28 Å². The van der Waals surface area contributed by atoms with Gasteiger partial charge in [0.2, 0.25) is 5.28 Å². The molecule has 1 fully saturated rings. The molecular weight excluding hydrogens is 212 g/mol. The maximum absolute atomic E-state index is 5.72. The Bertz CT molecular complexity index is 378. The van der Waals surface area contributed by atoms with Crippen LogP contribution in [0.4, 0.5) is 11.5 Å². The molecule has 0 amide bonds. The predicted molar refractivity (Wildman–Crippen MR) is 61.8 cm³/mol. The van der Waals surface area contributed by atoms with E-state index in [2.05, 4.69) is 29.1 Å². The highest BCUT2D eigenvalue weighted by Gasteiger charge is 2.45. The molecule has 5 heteroatoms. The van der Waals surface area contributed by atoms with E-state index in [4.69, 9.17) is 17.3 Å². The summed E-state index contributed by atoms with van der Waals surface area (Å²) >= 11 is 5.69. The normalized spacial score (nSPS) is 22.5. The number of nitrogen functional groups attached to an aromatic ring is 1. The first-order chi connectivity index (χ1) is 6.99. The molecule has 0 radical (unpaired) electrons. The molecule has 1 aromatic rings. The van der Waals surface area contributed by atoms with Gasteiger partial charge < -0.3 is 11.1 Å². The van der Waals surface area contributed by atoms with Gasteiger partial charge in [0, 0.05) is 6.54 Å². The second kappa shape index (κ2) is 3.52. The minimum absolute atomic E-state index is 0.224. The molecule has 1 aliphatic carbocycles. The lowest BCUT2D eigenvalue weighted by Crippen LogP contribution is -2.10. The third-order valence-corrected chi connectivity index (χ3v) is 3.20. The largest absolute Gasteiger partial charge is 0.394 e. The molecule has 1 aliphatic rings. The summed E-state index contributed by atoms with van der Waals surface area (Å²) in [5.41, 5.74) is 6.71. The van der Waals surface area contributed by atoms with Gasteiger partial charge in [-0.1, -0.05) is 13.8 Å². The Morgan fingerprint density at radius 3 is 2.93 bits per heavy atom.